The topological polar surface area (TPSA) is 125 Å². The van der Waals surface area contributed by atoms with E-state index < -0.39 is 21.5 Å². The Morgan fingerprint density at radius 1 is 1.11 bits per heavy atom. The van der Waals surface area contributed by atoms with Crippen molar-refractivity contribution >= 4 is 21.1 Å². The molecule has 0 amide bonds. The van der Waals surface area contributed by atoms with Crippen molar-refractivity contribution in [3.8, 4) is 11.5 Å². The Balaban J connectivity index is 0.000000280. The van der Waals surface area contributed by atoms with Gasteiger partial charge in [0.2, 0.25) is 5.75 Å². The Morgan fingerprint density at radius 2 is 1.61 bits per heavy atom. The van der Waals surface area contributed by atoms with Gasteiger partial charge in [0.05, 0.1) is 6.26 Å². The molecule has 0 bridgehead atoms. The summed E-state index contributed by atoms with van der Waals surface area (Å²) in [5.74, 6) is -0.711. The summed E-state index contributed by atoms with van der Waals surface area (Å²) >= 11 is 0. The van der Waals surface area contributed by atoms with Gasteiger partial charge in [0.25, 0.3) is 10.1 Å². The molecule has 2 rings (SSSR count). The molecule has 0 aliphatic heterocycles. The number of phenols is 2. The van der Waals surface area contributed by atoms with Crippen LogP contribution in [0.4, 0.5) is 0 Å². The number of hydrogen-bond donors (Lipinski definition) is 3. The van der Waals surface area contributed by atoms with Crippen LogP contribution in [0.2, 0.25) is 0 Å². The lowest BCUT2D eigenvalue weighted by Crippen LogP contribution is -1.94. The highest BCUT2D eigenvalue weighted by atomic mass is 32.2. The molecule has 0 aliphatic rings. The molecule has 1 aromatic heterocycles. The summed E-state index contributed by atoms with van der Waals surface area (Å²) in [6.45, 7) is 0. The number of hydrogen-bond acceptors (Lipinski definition) is 6. The summed E-state index contributed by atoms with van der Waals surface area (Å²) in [5.41, 5.74) is -0.555. The lowest BCUT2D eigenvalue weighted by molar-refractivity contribution is 0.397. The summed E-state index contributed by atoms with van der Waals surface area (Å²) in [4.78, 5) is 10.8. The van der Waals surface area contributed by atoms with Crippen LogP contribution in [-0.2, 0) is 10.1 Å². The zero-order valence-electron chi connectivity index (χ0n) is 9.19. The standard InChI is InChI=1S/C9H6O4.CH4O3S/c10-6-3-1-5-2-4-7(11)13-9(5)8(6)12;1-5(2,3)4/h1-4,10,12H;1H3,(H,2,3,4). The highest BCUT2D eigenvalue weighted by Crippen LogP contribution is 2.31. The third-order valence-electron chi connectivity index (χ3n) is 1.74. The third kappa shape index (κ3) is 4.07. The quantitative estimate of drug-likeness (QED) is 0.367. The Hall–Kier alpha value is -2.06. The van der Waals surface area contributed by atoms with Crippen LogP contribution in [0.1, 0.15) is 0 Å². The van der Waals surface area contributed by atoms with E-state index in [1.54, 1.807) is 6.07 Å². The molecule has 0 saturated heterocycles. The van der Waals surface area contributed by atoms with Crippen molar-refractivity contribution in [3.05, 3.63) is 34.7 Å². The Kier molecular flexibility index (Phi) is 3.94. The number of aromatic hydroxyl groups is 2. The van der Waals surface area contributed by atoms with Gasteiger partial charge in [-0.05, 0) is 18.2 Å². The van der Waals surface area contributed by atoms with Crippen molar-refractivity contribution in [2.45, 2.75) is 0 Å². The Bertz CT molecular complexity index is 707. The van der Waals surface area contributed by atoms with E-state index in [2.05, 4.69) is 0 Å². The maximum Gasteiger partial charge on any atom is 0.336 e. The minimum Gasteiger partial charge on any atom is -0.504 e. The van der Waals surface area contributed by atoms with Crippen molar-refractivity contribution < 1.29 is 27.6 Å². The van der Waals surface area contributed by atoms with Crippen LogP contribution < -0.4 is 5.63 Å². The average molecular weight is 274 g/mol. The maximum absolute atomic E-state index is 10.8. The second-order valence-corrected chi connectivity index (χ2v) is 4.81. The molecule has 0 atom stereocenters. The molecule has 0 aliphatic carbocycles. The normalized spacial score (nSPS) is 10.8. The number of benzene rings is 1. The molecule has 7 nitrogen and oxygen atoms in total. The highest BCUT2D eigenvalue weighted by Gasteiger charge is 2.07. The fourth-order valence-electron chi connectivity index (χ4n) is 1.11. The summed E-state index contributed by atoms with van der Waals surface area (Å²) in [5, 5.41) is 19.0. The first-order valence-electron chi connectivity index (χ1n) is 4.56. The molecular weight excluding hydrogens is 264 g/mol. The number of phenolic OH excluding ortho intramolecular Hbond substituents is 2. The molecule has 98 valence electrons. The average Bonchev–Trinajstić information content (AvgIpc) is 2.22. The largest absolute Gasteiger partial charge is 0.504 e. The summed E-state index contributed by atoms with van der Waals surface area (Å²) in [6, 6.07) is 5.64. The second-order valence-electron chi connectivity index (χ2n) is 3.34. The molecule has 3 N–H and O–H groups in total. The molecule has 0 saturated carbocycles. The van der Waals surface area contributed by atoms with Gasteiger partial charge in [0.15, 0.2) is 11.3 Å². The van der Waals surface area contributed by atoms with Crippen LogP contribution in [0.5, 0.6) is 11.5 Å². The molecule has 0 radical (unpaired) electrons. The zero-order valence-corrected chi connectivity index (χ0v) is 10.0. The predicted molar refractivity (Wildman–Crippen MR) is 63.3 cm³/mol. The van der Waals surface area contributed by atoms with Crippen molar-refractivity contribution in [1.29, 1.82) is 0 Å². The van der Waals surface area contributed by atoms with E-state index in [9.17, 15) is 18.3 Å². The Morgan fingerprint density at radius 3 is 2.17 bits per heavy atom. The van der Waals surface area contributed by atoms with E-state index in [1.807, 2.05) is 0 Å². The van der Waals surface area contributed by atoms with Crippen molar-refractivity contribution in [3.63, 3.8) is 0 Å². The molecule has 8 heteroatoms. The summed E-state index contributed by atoms with van der Waals surface area (Å²) in [6.07, 6.45) is 0.715. The van der Waals surface area contributed by atoms with E-state index in [1.165, 1.54) is 18.2 Å². The van der Waals surface area contributed by atoms with Crippen LogP contribution in [0, 0.1) is 0 Å². The SMILES string of the molecule is CS(=O)(=O)O.O=c1ccc2ccc(O)c(O)c2o1. The van der Waals surface area contributed by atoms with E-state index in [4.69, 9.17) is 14.1 Å². The van der Waals surface area contributed by atoms with E-state index >= 15 is 0 Å². The predicted octanol–water partition coefficient (Wildman–Crippen LogP) is 0.708. The van der Waals surface area contributed by atoms with Gasteiger partial charge < -0.3 is 14.6 Å². The molecule has 1 heterocycles. The van der Waals surface area contributed by atoms with Gasteiger partial charge in [-0.1, -0.05) is 0 Å². The molecule has 0 fully saturated rings. The first kappa shape index (κ1) is 14.0. The lowest BCUT2D eigenvalue weighted by Gasteiger charge is -1.99. The van der Waals surface area contributed by atoms with Crippen molar-refractivity contribution in [2.24, 2.45) is 0 Å². The van der Waals surface area contributed by atoms with E-state index in [0.29, 0.717) is 11.6 Å². The van der Waals surface area contributed by atoms with E-state index in [0.717, 1.165) is 0 Å². The lowest BCUT2D eigenvalue weighted by atomic mass is 10.2. The van der Waals surface area contributed by atoms with Gasteiger partial charge in [-0.25, -0.2) is 4.79 Å². The minimum atomic E-state index is -3.67. The smallest absolute Gasteiger partial charge is 0.336 e. The van der Waals surface area contributed by atoms with Gasteiger partial charge in [-0.3, -0.25) is 4.55 Å². The molecule has 2 aromatic rings. The summed E-state index contributed by atoms with van der Waals surface area (Å²) < 4.78 is 30.6. The monoisotopic (exact) mass is 274 g/mol. The fourth-order valence-corrected chi connectivity index (χ4v) is 1.11. The zero-order chi connectivity index (χ0) is 13.9. The number of fused-ring (bicyclic) bond motifs is 1. The van der Waals surface area contributed by atoms with Crippen LogP contribution in [0.15, 0.2) is 33.5 Å². The second kappa shape index (κ2) is 5.07. The molecule has 0 spiro atoms. The van der Waals surface area contributed by atoms with E-state index in [-0.39, 0.29) is 11.3 Å². The van der Waals surface area contributed by atoms with Gasteiger partial charge in [-0.15, -0.1) is 0 Å². The van der Waals surface area contributed by atoms with Gasteiger partial charge in [0.1, 0.15) is 0 Å². The molecule has 0 unspecified atom stereocenters. The van der Waals surface area contributed by atoms with Crippen LogP contribution in [-0.4, -0.2) is 29.4 Å². The van der Waals surface area contributed by atoms with Gasteiger partial charge in [0, 0.05) is 11.5 Å². The first-order chi connectivity index (χ1) is 8.18. The van der Waals surface area contributed by atoms with Crippen molar-refractivity contribution in [1.82, 2.24) is 0 Å². The third-order valence-corrected chi connectivity index (χ3v) is 1.74. The summed E-state index contributed by atoms with van der Waals surface area (Å²) in [7, 11) is -3.67. The fraction of sp³-hybridized carbons (Fsp3) is 0.100. The van der Waals surface area contributed by atoms with Gasteiger partial charge in [-0.2, -0.15) is 8.42 Å². The van der Waals surface area contributed by atoms with Crippen molar-refractivity contribution in [2.75, 3.05) is 6.26 Å². The minimum absolute atomic E-state index is 0.00694. The highest BCUT2D eigenvalue weighted by molar-refractivity contribution is 7.85. The van der Waals surface area contributed by atoms with Crippen LogP contribution >= 0.6 is 0 Å². The first-order valence-corrected chi connectivity index (χ1v) is 6.40. The number of rotatable bonds is 0. The Labute approximate surface area is 102 Å². The maximum atomic E-state index is 10.8. The van der Waals surface area contributed by atoms with Crippen LogP contribution in [0.25, 0.3) is 11.0 Å². The molecule has 1 aromatic carbocycles. The van der Waals surface area contributed by atoms with Gasteiger partial charge >= 0.3 is 5.63 Å². The molecular formula is C10H10O7S. The van der Waals surface area contributed by atoms with Crippen LogP contribution in [0.3, 0.4) is 0 Å². The molecule has 18 heavy (non-hydrogen) atoms.